The molecule has 1 heterocycles. The average Bonchev–Trinajstić information content (AvgIpc) is 2.90. The van der Waals surface area contributed by atoms with E-state index < -0.39 is 0 Å². The number of aliphatic hydroxyl groups excluding tert-OH is 1. The summed E-state index contributed by atoms with van der Waals surface area (Å²) >= 11 is 0. The molecule has 20 heavy (non-hydrogen) atoms. The SMILES string of the molecule is CCNC(CC)(CO)CCCn1cnc2ccccc21. The highest BCUT2D eigenvalue weighted by Gasteiger charge is 2.25. The molecule has 0 aliphatic carbocycles. The van der Waals surface area contributed by atoms with Crippen LogP contribution in [0.4, 0.5) is 0 Å². The zero-order valence-corrected chi connectivity index (χ0v) is 12.5. The van der Waals surface area contributed by atoms with Crippen LogP contribution >= 0.6 is 0 Å². The van der Waals surface area contributed by atoms with Crippen LogP contribution in [0.15, 0.2) is 30.6 Å². The highest BCUT2D eigenvalue weighted by Crippen LogP contribution is 2.19. The maximum atomic E-state index is 9.65. The number of likely N-dealkylation sites (N-methyl/N-ethyl adjacent to an activating group) is 1. The molecule has 2 rings (SSSR count). The summed E-state index contributed by atoms with van der Waals surface area (Å²) in [5.74, 6) is 0. The lowest BCUT2D eigenvalue weighted by Gasteiger charge is -2.32. The van der Waals surface area contributed by atoms with Gasteiger partial charge in [0.05, 0.1) is 24.0 Å². The molecule has 0 bridgehead atoms. The Balaban J connectivity index is 1.98. The van der Waals surface area contributed by atoms with E-state index in [1.165, 1.54) is 5.52 Å². The second-order valence-corrected chi connectivity index (χ2v) is 5.35. The molecule has 0 spiro atoms. The summed E-state index contributed by atoms with van der Waals surface area (Å²) in [6.07, 6.45) is 4.86. The summed E-state index contributed by atoms with van der Waals surface area (Å²) in [6.45, 7) is 6.24. The molecular formula is C16H25N3O. The molecule has 1 aromatic heterocycles. The van der Waals surface area contributed by atoms with E-state index in [0.29, 0.717) is 0 Å². The molecule has 0 aliphatic rings. The third-order valence-corrected chi connectivity index (χ3v) is 4.11. The number of imidazole rings is 1. The van der Waals surface area contributed by atoms with E-state index in [4.69, 9.17) is 0 Å². The third kappa shape index (κ3) is 3.19. The maximum Gasteiger partial charge on any atom is 0.0958 e. The van der Waals surface area contributed by atoms with Crippen LogP contribution in [0.2, 0.25) is 0 Å². The number of nitrogens with zero attached hydrogens (tertiary/aromatic N) is 2. The zero-order valence-electron chi connectivity index (χ0n) is 12.5. The first kappa shape index (κ1) is 15.0. The number of aromatic nitrogens is 2. The van der Waals surface area contributed by atoms with Gasteiger partial charge in [-0.05, 0) is 37.9 Å². The molecule has 4 heteroatoms. The van der Waals surface area contributed by atoms with Crippen LogP contribution in [0.1, 0.15) is 33.1 Å². The van der Waals surface area contributed by atoms with E-state index in [9.17, 15) is 5.11 Å². The van der Waals surface area contributed by atoms with E-state index in [1.807, 2.05) is 24.5 Å². The fraction of sp³-hybridized carbons (Fsp3) is 0.562. The van der Waals surface area contributed by atoms with Gasteiger partial charge in [0.1, 0.15) is 0 Å². The number of para-hydroxylation sites is 2. The highest BCUT2D eigenvalue weighted by atomic mass is 16.3. The van der Waals surface area contributed by atoms with Crippen LogP contribution in [0.25, 0.3) is 11.0 Å². The van der Waals surface area contributed by atoms with Crippen molar-refractivity contribution >= 4 is 11.0 Å². The molecule has 2 aromatic rings. The van der Waals surface area contributed by atoms with Gasteiger partial charge in [-0.1, -0.05) is 26.0 Å². The van der Waals surface area contributed by atoms with E-state index in [-0.39, 0.29) is 12.1 Å². The van der Waals surface area contributed by atoms with Gasteiger partial charge in [-0.25, -0.2) is 4.98 Å². The van der Waals surface area contributed by atoms with Gasteiger partial charge in [0.15, 0.2) is 0 Å². The molecule has 0 radical (unpaired) electrons. The number of rotatable bonds is 8. The van der Waals surface area contributed by atoms with Crippen molar-refractivity contribution in [3.63, 3.8) is 0 Å². The molecule has 0 saturated heterocycles. The highest BCUT2D eigenvalue weighted by molar-refractivity contribution is 5.74. The number of nitrogens with one attached hydrogen (secondary N) is 1. The van der Waals surface area contributed by atoms with Crippen molar-refractivity contribution in [3.8, 4) is 0 Å². The number of hydrogen-bond donors (Lipinski definition) is 2. The average molecular weight is 275 g/mol. The van der Waals surface area contributed by atoms with Gasteiger partial charge in [-0.2, -0.15) is 0 Å². The van der Waals surface area contributed by atoms with Crippen molar-refractivity contribution < 1.29 is 5.11 Å². The van der Waals surface area contributed by atoms with Gasteiger partial charge in [0.25, 0.3) is 0 Å². The summed E-state index contributed by atoms with van der Waals surface area (Å²) in [5.41, 5.74) is 2.09. The molecule has 4 nitrogen and oxygen atoms in total. The van der Waals surface area contributed by atoms with Crippen LogP contribution in [0, 0.1) is 0 Å². The van der Waals surface area contributed by atoms with E-state index >= 15 is 0 Å². The van der Waals surface area contributed by atoms with Crippen molar-refractivity contribution in [1.82, 2.24) is 14.9 Å². The molecular weight excluding hydrogens is 250 g/mol. The minimum atomic E-state index is -0.134. The second-order valence-electron chi connectivity index (χ2n) is 5.35. The Kier molecular flexibility index (Phi) is 5.15. The van der Waals surface area contributed by atoms with Crippen LogP contribution < -0.4 is 5.32 Å². The van der Waals surface area contributed by atoms with Crippen LogP contribution in [-0.4, -0.2) is 33.3 Å². The largest absolute Gasteiger partial charge is 0.394 e. The summed E-state index contributed by atoms with van der Waals surface area (Å²) in [6, 6.07) is 8.20. The van der Waals surface area contributed by atoms with Crippen molar-refractivity contribution in [2.45, 2.75) is 45.2 Å². The van der Waals surface area contributed by atoms with Crippen LogP contribution in [0.3, 0.4) is 0 Å². The Hall–Kier alpha value is -1.39. The zero-order chi connectivity index (χ0) is 14.4. The molecule has 1 atom stereocenters. The number of benzene rings is 1. The van der Waals surface area contributed by atoms with Gasteiger partial charge in [0.2, 0.25) is 0 Å². The fourth-order valence-corrected chi connectivity index (χ4v) is 2.79. The smallest absolute Gasteiger partial charge is 0.0958 e. The van der Waals surface area contributed by atoms with Crippen molar-refractivity contribution in [3.05, 3.63) is 30.6 Å². The maximum absolute atomic E-state index is 9.65. The standard InChI is InChI=1S/C16H25N3O/c1-3-16(12-20,18-4-2)10-7-11-19-13-17-14-8-5-6-9-15(14)19/h5-6,8-9,13,18,20H,3-4,7,10-12H2,1-2H3. The number of aliphatic hydroxyl groups is 1. The lowest BCUT2D eigenvalue weighted by Crippen LogP contribution is -2.48. The van der Waals surface area contributed by atoms with Crippen LogP contribution in [0.5, 0.6) is 0 Å². The first-order chi connectivity index (χ1) is 9.74. The number of aryl methyl sites for hydroxylation is 1. The van der Waals surface area contributed by atoms with Gasteiger partial charge in [-0.3, -0.25) is 0 Å². The number of hydrogen-bond acceptors (Lipinski definition) is 3. The third-order valence-electron chi connectivity index (χ3n) is 4.11. The van der Waals surface area contributed by atoms with Gasteiger partial charge < -0.3 is 15.0 Å². The molecule has 0 saturated carbocycles. The normalized spacial score (nSPS) is 14.6. The first-order valence-electron chi connectivity index (χ1n) is 7.50. The predicted molar refractivity (Wildman–Crippen MR) is 82.8 cm³/mol. The van der Waals surface area contributed by atoms with Gasteiger partial charge in [0, 0.05) is 12.1 Å². The quantitative estimate of drug-likeness (QED) is 0.778. The van der Waals surface area contributed by atoms with Gasteiger partial charge >= 0.3 is 0 Å². The Labute approximate surface area is 120 Å². The minimum absolute atomic E-state index is 0.134. The Morgan fingerprint density at radius 2 is 2.10 bits per heavy atom. The summed E-state index contributed by atoms with van der Waals surface area (Å²) in [4.78, 5) is 4.41. The molecule has 0 aliphatic heterocycles. The fourth-order valence-electron chi connectivity index (χ4n) is 2.79. The first-order valence-corrected chi connectivity index (χ1v) is 7.50. The van der Waals surface area contributed by atoms with Crippen molar-refractivity contribution in [1.29, 1.82) is 0 Å². The lowest BCUT2D eigenvalue weighted by atomic mass is 9.91. The monoisotopic (exact) mass is 275 g/mol. The molecule has 0 amide bonds. The summed E-state index contributed by atoms with van der Waals surface area (Å²) in [5, 5.41) is 13.1. The lowest BCUT2D eigenvalue weighted by molar-refractivity contribution is 0.145. The van der Waals surface area contributed by atoms with Crippen molar-refractivity contribution in [2.24, 2.45) is 0 Å². The molecule has 1 unspecified atom stereocenters. The predicted octanol–water partition coefficient (Wildman–Crippen LogP) is 2.57. The molecule has 1 aromatic carbocycles. The van der Waals surface area contributed by atoms with Gasteiger partial charge in [-0.15, -0.1) is 0 Å². The topological polar surface area (TPSA) is 50.1 Å². The molecule has 110 valence electrons. The van der Waals surface area contributed by atoms with E-state index in [2.05, 4.69) is 34.8 Å². The Bertz CT molecular complexity index is 531. The Morgan fingerprint density at radius 3 is 2.80 bits per heavy atom. The van der Waals surface area contributed by atoms with E-state index in [1.54, 1.807) is 0 Å². The number of fused-ring (bicyclic) bond motifs is 1. The Morgan fingerprint density at radius 1 is 1.30 bits per heavy atom. The summed E-state index contributed by atoms with van der Waals surface area (Å²) in [7, 11) is 0. The molecule has 0 fully saturated rings. The second kappa shape index (κ2) is 6.86. The minimum Gasteiger partial charge on any atom is -0.394 e. The molecule has 2 N–H and O–H groups in total. The van der Waals surface area contributed by atoms with Crippen LogP contribution in [-0.2, 0) is 6.54 Å². The van der Waals surface area contributed by atoms with Crippen molar-refractivity contribution in [2.75, 3.05) is 13.2 Å². The summed E-state index contributed by atoms with van der Waals surface area (Å²) < 4.78 is 2.19. The van der Waals surface area contributed by atoms with E-state index in [0.717, 1.165) is 37.9 Å².